The monoisotopic (exact) mass is 448 g/mol. The van der Waals surface area contributed by atoms with Crippen LogP contribution in [-0.2, 0) is 10.3 Å². The van der Waals surface area contributed by atoms with E-state index < -0.39 is 5.60 Å². The highest BCUT2D eigenvalue weighted by Gasteiger charge is 2.48. The minimum Gasteiger partial charge on any atom is -0.449 e. The first-order chi connectivity index (χ1) is 16.0. The predicted octanol–water partition coefficient (Wildman–Crippen LogP) is 5.43. The third-order valence-corrected chi connectivity index (χ3v) is 6.92. The number of nitrogens with zero attached hydrogens (tertiary/aromatic N) is 2. The Morgan fingerprint density at radius 2 is 1.55 bits per heavy atom. The van der Waals surface area contributed by atoms with E-state index >= 15 is 0 Å². The molecule has 4 nitrogen and oxygen atoms in total. The van der Waals surface area contributed by atoms with E-state index in [2.05, 4.69) is 9.88 Å². The molecule has 2 aliphatic rings. The number of rotatable bonds is 6. The highest BCUT2D eigenvalue weighted by molar-refractivity contribution is 5.94. The number of carbonyl (C=O) groups excluding carboxylic acids is 1. The summed E-state index contributed by atoms with van der Waals surface area (Å²) in [5.74, 6) is -0.716. The number of halogens is 2. The van der Waals surface area contributed by atoms with E-state index in [1.807, 2.05) is 24.3 Å². The number of esters is 1. The summed E-state index contributed by atoms with van der Waals surface area (Å²) in [4.78, 5) is 19.1. The van der Waals surface area contributed by atoms with Crippen molar-refractivity contribution in [3.8, 4) is 0 Å². The molecular formula is C27H26F2N2O2. The normalized spacial score (nSPS) is 17.4. The zero-order chi connectivity index (χ0) is 22.8. The number of fused-ring (bicyclic) bond motifs is 2. The Balaban J connectivity index is 1.22. The van der Waals surface area contributed by atoms with Gasteiger partial charge >= 0.3 is 5.97 Å². The first-order valence-corrected chi connectivity index (χ1v) is 11.5. The van der Waals surface area contributed by atoms with Crippen LogP contribution in [0.15, 0.2) is 66.9 Å². The summed E-state index contributed by atoms with van der Waals surface area (Å²) < 4.78 is 32.7. The minimum absolute atomic E-state index is 0.0780. The van der Waals surface area contributed by atoms with Crippen LogP contribution >= 0.6 is 0 Å². The Kier molecular flexibility index (Phi) is 5.94. The molecule has 0 amide bonds. The van der Waals surface area contributed by atoms with Crippen LogP contribution in [-0.4, -0.2) is 35.5 Å². The van der Waals surface area contributed by atoms with Crippen LogP contribution in [0, 0.1) is 11.6 Å². The molecule has 33 heavy (non-hydrogen) atoms. The van der Waals surface area contributed by atoms with Crippen molar-refractivity contribution in [3.05, 3.63) is 101 Å². The van der Waals surface area contributed by atoms with Gasteiger partial charge in [0.25, 0.3) is 0 Å². The van der Waals surface area contributed by atoms with E-state index in [9.17, 15) is 13.6 Å². The summed E-state index contributed by atoms with van der Waals surface area (Å²) in [5.41, 5.74) is 2.84. The van der Waals surface area contributed by atoms with E-state index in [1.54, 1.807) is 18.3 Å². The number of carbonyl (C=O) groups is 1. The summed E-state index contributed by atoms with van der Waals surface area (Å²) in [6.07, 6.45) is 5.02. The van der Waals surface area contributed by atoms with E-state index in [-0.39, 0.29) is 23.5 Å². The third-order valence-electron chi connectivity index (χ3n) is 6.92. The van der Waals surface area contributed by atoms with Crippen molar-refractivity contribution in [1.29, 1.82) is 0 Å². The van der Waals surface area contributed by atoms with Gasteiger partial charge in [0.15, 0.2) is 5.60 Å². The van der Waals surface area contributed by atoms with Gasteiger partial charge in [0.05, 0.1) is 11.3 Å². The average molecular weight is 449 g/mol. The van der Waals surface area contributed by atoms with Crippen LogP contribution in [0.1, 0.15) is 58.8 Å². The van der Waals surface area contributed by atoms with Crippen molar-refractivity contribution in [1.82, 2.24) is 9.88 Å². The molecule has 2 aromatic carbocycles. The fraction of sp³-hybridized carbons (Fsp3) is 0.333. The molecular weight excluding hydrogens is 422 g/mol. The van der Waals surface area contributed by atoms with Crippen molar-refractivity contribution in [2.24, 2.45) is 0 Å². The lowest BCUT2D eigenvalue weighted by molar-refractivity contribution is -0.0449. The molecule has 0 unspecified atom stereocenters. The Hall–Kier alpha value is -3.12. The second-order valence-corrected chi connectivity index (χ2v) is 8.92. The lowest BCUT2D eigenvalue weighted by atomic mass is 9.86. The van der Waals surface area contributed by atoms with Crippen molar-refractivity contribution in [2.75, 3.05) is 19.6 Å². The molecule has 6 heteroatoms. The van der Waals surface area contributed by atoms with E-state index in [0.717, 1.165) is 62.1 Å². The van der Waals surface area contributed by atoms with E-state index in [1.165, 1.54) is 24.3 Å². The zero-order valence-corrected chi connectivity index (χ0v) is 18.3. The van der Waals surface area contributed by atoms with Gasteiger partial charge in [0.2, 0.25) is 0 Å². The summed E-state index contributed by atoms with van der Waals surface area (Å²) in [7, 11) is 0. The van der Waals surface area contributed by atoms with Crippen molar-refractivity contribution < 1.29 is 18.3 Å². The maximum absolute atomic E-state index is 13.5. The molecule has 3 heterocycles. The Labute approximate surface area is 192 Å². The smallest absolute Gasteiger partial charge is 0.341 e. The summed E-state index contributed by atoms with van der Waals surface area (Å²) in [5, 5.41) is 0. The lowest BCUT2D eigenvalue weighted by Crippen LogP contribution is -2.43. The number of hydrogen-bond donors (Lipinski definition) is 0. The fourth-order valence-electron chi connectivity index (χ4n) is 5.13. The maximum Gasteiger partial charge on any atom is 0.341 e. The zero-order valence-electron chi connectivity index (χ0n) is 18.3. The molecule has 0 bridgehead atoms. The average Bonchev–Trinajstić information content (AvgIpc) is 3.11. The Morgan fingerprint density at radius 1 is 0.939 bits per heavy atom. The number of piperidine rings is 1. The van der Waals surface area contributed by atoms with Gasteiger partial charge in [-0.2, -0.15) is 0 Å². The first kappa shape index (κ1) is 21.7. The molecule has 1 saturated heterocycles. The van der Waals surface area contributed by atoms with Gasteiger partial charge in [-0.3, -0.25) is 4.98 Å². The second kappa shape index (κ2) is 9.02. The largest absolute Gasteiger partial charge is 0.449 e. The van der Waals surface area contributed by atoms with Gasteiger partial charge in [0.1, 0.15) is 11.6 Å². The van der Waals surface area contributed by atoms with Gasteiger partial charge in [-0.15, -0.1) is 0 Å². The molecule has 0 N–H and O–H groups in total. The van der Waals surface area contributed by atoms with E-state index in [0.29, 0.717) is 5.56 Å². The molecule has 170 valence electrons. The molecule has 3 aromatic rings. The number of aromatic nitrogens is 1. The molecule has 0 aliphatic carbocycles. The molecule has 1 spiro atoms. The van der Waals surface area contributed by atoms with Gasteiger partial charge in [-0.05, 0) is 66.9 Å². The minimum atomic E-state index is -0.588. The predicted molar refractivity (Wildman–Crippen MR) is 121 cm³/mol. The standard InChI is InChI=1S/C27H26F2N2O2/c28-21-9-5-19(6-10-21)23(20-7-11-22(29)12-8-20)4-2-16-31-17-13-27(14-18-31)25-24(26(32)33-27)3-1-15-30-25/h1,3,5-12,15,23H,2,4,13-14,16-18H2. The van der Waals surface area contributed by atoms with Crippen LogP contribution in [0.25, 0.3) is 0 Å². The topological polar surface area (TPSA) is 42.4 Å². The van der Waals surface area contributed by atoms with Crippen molar-refractivity contribution >= 4 is 5.97 Å². The SMILES string of the molecule is O=C1OC2(CCN(CCCC(c3ccc(F)cc3)c3ccc(F)cc3)CC2)c2ncccc21. The fourth-order valence-corrected chi connectivity index (χ4v) is 5.13. The van der Waals surface area contributed by atoms with Crippen molar-refractivity contribution in [3.63, 3.8) is 0 Å². The first-order valence-electron chi connectivity index (χ1n) is 11.5. The van der Waals surface area contributed by atoms with Crippen LogP contribution in [0.5, 0.6) is 0 Å². The highest BCUT2D eigenvalue weighted by Crippen LogP contribution is 2.42. The Morgan fingerprint density at radius 3 is 2.15 bits per heavy atom. The molecule has 1 aromatic heterocycles. The molecule has 1 fully saturated rings. The Bertz CT molecular complexity index is 1080. The van der Waals surface area contributed by atoms with Crippen LogP contribution in [0.3, 0.4) is 0 Å². The lowest BCUT2D eigenvalue weighted by Gasteiger charge is -2.38. The van der Waals surface area contributed by atoms with Crippen LogP contribution < -0.4 is 0 Å². The number of likely N-dealkylation sites (tertiary alicyclic amines) is 1. The van der Waals surface area contributed by atoms with E-state index in [4.69, 9.17) is 4.74 Å². The number of benzene rings is 2. The molecule has 0 saturated carbocycles. The molecule has 0 atom stereocenters. The highest BCUT2D eigenvalue weighted by atomic mass is 19.1. The summed E-state index contributed by atoms with van der Waals surface area (Å²) in [6.45, 7) is 2.58. The van der Waals surface area contributed by atoms with Crippen molar-refractivity contribution in [2.45, 2.75) is 37.2 Å². The van der Waals surface area contributed by atoms with Crippen LogP contribution in [0.2, 0.25) is 0 Å². The number of hydrogen-bond acceptors (Lipinski definition) is 4. The van der Waals surface area contributed by atoms with Gasteiger partial charge < -0.3 is 9.64 Å². The third kappa shape index (κ3) is 4.40. The summed E-state index contributed by atoms with van der Waals surface area (Å²) >= 11 is 0. The van der Waals surface area contributed by atoms with Gasteiger partial charge in [-0.25, -0.2) is 13.6 Å². The molecule has 2 aliphatic heterocycles. The second-order valence-electron chi connectivity index (χ2n) is 8.92. The molecule has 5 rings (SSSR count). The summed E-state index contributed by atoms with van der Waals surface area (Å²) in [6, 6.07) is 16.7. The van der Waals surface area contributed by atoms with Gasteiger partial charge in [-0.1, -0.05) is 24.3 Å². The maximum atomic E-state index is 13.5. The quantitative estimate of drug-likeness (QED) is 0.472. The number of pyridine rings is 1. The van der Waals surface area contributed by atoms with Crippen LogP contribution in [0.4, 0.5) is 8.78 Å². The molecule has 0 radical (unpaired) electrons. The number of ether oxygens (including phenoxy) is 1. The van der Waals surface area contributed by atoms with Gasteiger partial charge in [0, 0.05) is 38.0 Å².